The first-order valence-electron chi connectivity index (χ1n) is 6.84. The van der Waals surface area contributed by atoms with Crippen molar-refractivity contribution in [3.63, 3.8) is 0 Å². The Bertz CT molecular complexity index is 568. The third-order valence-corrected chi connectivity index (χ3v) is 3.97. The minimum absolute atomic E-state index is 0.0702. The van der Waals surface area contributed by atoms with Crippen LogP contribution in [-0.4, -0.2) is 27.9 Å². The van der Waals surface area contributed by atoms with Gasteiger partial charge in [0.15, 0.2) is 0 Å². The summed E-state index contributed by atoms with van der Waals surface area (Å²) in [6.07, 6.45) is 1.77. The van der Waals surface area contributed by atoms with Gasteiger partial charge in [0.25, 0.3) is 5.91 Å². The first-order valence-corrected chi connectivity index (χ1v) is 7.72. The monoisotopic (exact) mass is 288 g/mol. The molecule has 3 nitrogen and oxygen atoms in total. The molecule has 0 atom stereocenters. The van der Waals surface area contributed by atoms with E-state index in [1.807, 2.05) is 62.2 Å². The van der Waals surface area contributed by atoms with Crippen molar-refractivity contribution in [2.45, 2.75) is 39.8 Å². The van der Waals surface area contributed by atoms with Crippen LogP contribution >= 0.6 is 11.3 Å². The van der Waals surface area contributed by atoms with E-state index in [9.17, 15) is 4.79 Å². The van der Waals surface area contributed by atoms with Crippen LogP contribution < -0.4 is 0 Å². The van der Waals surface area contributed by atoms with Gasteiger partial charge in [-0.2, -0.15) is 0 Å². The van der Waals surface area contributed by atoms with E-state index in [1.54, 1.807) is 17.5 Å². The van der Waals surface area contributed by atoms with Gasteiger partial charge in [-0.1, -0.05) is 18.2 Å². The average molecular weight is 288 g/mol. The van der Waals surface area contributed by atoms with Crippen LogP contribution in [0.15, 0.2) is 35.8 Å². The van der Waals surface area contributed by atoms with Crippen molar-refractivity contribution in [3.8, 4) is 10.6 Å². The Kier molecular flexibility index (Phi) is 4.55. The highest BCUT2D eigenvalue weighted by Crippen LogP contribution is 2.27. The molecule has 0 saturated carbocycles. The maximum Gasteiger partial charge on any atom is 0.255 e. The molecule has 1 amide bonds. The van der Waals surface area contributed by atoms with E-state index in [4.69, 9.17) is 0 Å². The lowest BCUT2D eigenvalue weighted by Gasteiger charge is -2.31. The van der Waals surface area contributed by atoms with Crippen molar-refractivity contribution < 1.29 is 4.79 Å². The SMILES string of the molecule is CC(C)N(C(=O)c1ccccc1-c1nccs1)C(C)C. The van der Waals surface area contributed by atoms with E-state index < -0.39 is 0 Å². The third-order valence-electron chi connectivity index (χ3n) is 3.17. The fourth-order valence-electron chi connectivity index (χ4n) is 2.42. The second-order valence-corrected chi connectivity index (χ2v) is 6.18. The molecule has 0 radical (unpaired) electrons. The number of hydrogen-bond acceptors (Lipinski definition) is 3. The Hall–Kier alpha value is -1.68. The molecule has 0 aliphatic heterocycles. The van der Waals surface area contributed by atoms with Crippen LogP contribution in [-0.2, 0) is 0 Å². The molecule has 1 heterocycles. The van der Waals surface area contributed by atoms with Crippen molar-refractivity contribution >= 4 is 17.2 Å². The number of carbonyl (C=O) groups is 1. The van der Waals surface area contributed by atoms with E-state index in [0.717, 1.165) is 16.1 Å². The Morgan fingerprint density at radius 3 is 2.35 bits per heavy atom. The van der Waals surface area contributed by atoms with Gasteiger partial charge in [0, 0.05) is 34.8 Å². The van der Waals surface area contributed by atoms with E-state index in [0.29, 0.717) is 0 Å². The highest BCUT2D eigenvalue weighted by atomic mass is 32.1. The number of nitrogens with zero attached hydrogens (tertiary/aromatic N) is 2. The fraction of sp³-hybridized carbons (Fsp3) is 0.375. The molecule has 0 bridgehead atoms. The summed E-state index contributed by atoms with van der Waals surface area (Å²) in [4.78, 5) is 19.1. The molecule has 1 aromatic heterocycles. The molecular formula is C16H20N2OS. The summed E-state index contributed by atoms with van der Waals surface area (Å²) < 4.78 is 0. The van der Waals surface area contributed by atoms with Gasteiger partial charge in [-0.3, -0.25) is 4.79 Å². The molecule has 1 aromatic carbocycles. The molecule has 20 heavy (non-hydrogen) atoms. The highest BCUT2D eigenvalue weighted by Gasteiger charge is 2.24. The molecule has 0 N–H and O–H groups in total. The van der Waals surface area contributed by atoms with Crippen molar-refractivity contribution in [3.05, 3.63) is 41.4 Å². The average Bonchev–Trinajstić information content (AvgIpc) is 2.91. The van der Waals surface area contributed by atoms with Gasteiger partial charge in [0.05, 0.1) is 0 Å². The van der Waals surface area contributed by atoms with Crippen molar-refractivity contribution in [2.24, 2.45) is 0 Å². The third kappa shape index (κ3) is 2.90. The smallest absolute Gasteiger partial charge is 0.255 e. The van der Waals surface area contributed by atoms with Crippen LogP contribution in [0.1, 0.15) is 38.1 Å². The van der Waals surface area contributed by atoms with Gasteiger partial charge in [-0.05, 0) is 33.8 Å². The minimum Gasteiger partial charge on any atom is -0.334 e. The maximum atomic E-state index is 12.8. The summed E-state index contributed by atoms with van der Waals surface area (Å²) in [6.45, 7) is 8.18. The summed E-state index contributed by atoms with van der Waals surface area (Å²) in [6, 6.07) is 8.05. The van der Waals surface area contributed by atoms with Crippen LogP contribution in [0.3, 0.4) is 0 Å². The predicted octanol–water partition coefficient (Wildman–Crippen LogP) is 4.07. The summed E-state index contributed by atoms with van der Waals surface area (Å²) >= 11 is 1.55. The van der Waals surface area contributed by atoms with Gasteiger partial charge in [0.1, 0.15) is 5.01 Å². The second-order valence-electron chi connectivity index (χ2n) is 5.28. The lowest BCUT2D eigenvalue weighted by Crippen LogP contribution is -2.42. The number of thiazole rings is 1. The zero-order chi connectivity index (χ0) is 14.7. The van der Waals surface area contributed by atoms with Crippen molar-refractivity contribution in [2.75, 3.05) is 0 Å². The summed E-state index contributed by atoms with van der Waals surface area (Å²) in [5.41, 5.74) is 1.64. The summed E-state index contributed by atoms with van der Waals surface area (Å²) in [7, 11) is 0. The number of aromatic nitrogens is 1. The Balaban J connectivity index is 2.45. The Morgan fingerprint density at radius 2 is 1.80 bits per heavy atom. The topological polar surface area (TPSA) is 33.2 Å². The van der Waals surface area contributed by atoms with E-state index in [2.05, 4.69) is 4.98 Å². The quantitative estimate of drug-likeness (QED) is 0.849. The number of carbonyl (C=O) groups excluding carboxylic acids is 1. The number of rotatable bonds is 4. The zero-order valence-corrected chi connectivity index (χ0v) is 13.1. The molecule has 0 spiro atoms. The number of amides is 1. The fourth-order valence-corrected chi connectivity index (χ4v) is 3.09. The molecule has 4 heteroatoms. The first-order chi connectivity index (χ1) is 9.52. The van der Waals surface area contributed by atoms with E-state index in [-0.39, 0.29) is 18.0 Å². The van der Waals surface area contributed by atoms with Gasteiger partial charge in [-0.15, -0.1) is 11.3 Å². The van der Waals surface area contributed by atoms with Crippen LogP contribution in [0, 0.1) is 0 Å². The predicted molar refractivity (Wildman–Crippen MR) is 84.0 cm³/mol. The maximum absolute atomic E-state index is 12.8. The van der Waals surface area contributed by atoms with Gasteiger partial charge >= 0.3 is 0 Å². The number of hydrogen-bond donors (Lipinski definition) is 0. The van der Waals surface area contributed by atoms with Crippen LogP contribution in [0.4, 0.5) is 0 Å². The largest absolute Gasteiger partial charge is 0.334 e. The van der Waals surface area contributed by atoms with Crippen LogP contribution in [0.2, 0.25) is 0 Å². The summed E-state index contributed by atoms with van der Waals surface area (Å²) in [5, 5.41) is 2.82. The molecule has 106 valence electrons. The lowest BCUT2D eigenvalue weighted by atomic mass is 10.0. The number of benzene rings is 1. The standard InChI is InChI=1S/C16H20N2OS/c1-11(2)18(12(3)4)16(19)14-8-6-5-7-13(14)15-17-9-10-20-15/h5-12H,1-4H3. The van der Waals surface area contributed by atoms with Crippen molar-refractivity contribution in [1.82, 2.24) is 9.88 Å². The summed E-state index contributed by atoms with van der Waals surface area (Å²) in [5.74, 6) is 0.0702. The molecule has 0 saturated heterocycles. The Morgan fingerprint density at radius 1 is 1.15 bits per heavy atom. The van der Waals surface area contributed by atoms with Gasteiger partial charge in [0.2, 0.25) is 0 Å². The van der Waals surface area contributed by atoms with Gasteiger partial charge in [-0.25, -0.2) is 4.98 Å². The molecule has 2 rings (SSSR count). The molecule has 0 aliphatic rings. The molecule has 0 aliphatic carbocycles. The highest BCUT2D eigenvalue weighted by molar-refractivity contribution is 7.13. The second kappa shape index (κ2) is 6.18. The first kappa shape index (κ1) is 14.7. The minimum atomic E-state index is 0.0702. The van der Waals surface area contributed by atoms with E-state index in [1.165, 1.54) is 0 Å². The molecule has 0 fully saturated rings. The van der Waals surface area contributed by atoms with Crippen molar-refractivity contribution in [1.29, 1.82) is 0 Å². The molecular weight excluding hydrogens is 268 g/mol. The van der Waals surface area contributed by atoms with Crippen LogP contribution in [0.25, 0.3) is 10.6 Å². The van der Waals surface area contributed by atoms with E-state index >= 15 is 0 Å². The zero-order valence-electron chi connectivity index (χ0n) is 12.3. The molecule has 0 unspecified atom stereocenters. The Labute approximate surface area is 124 Å². The normalized spacial score (nSPS) is 11.1. The molecule has 2 aromatic rings. The van der Waals surface area contributed by atoms with Crippen LogP contribution in [0.5, 0.6) is 0 Å². The lowest BCUT2D eigenvalue weighted by molar-refractivity contribution is 0.0644. The van der Waals surface area contributed by atoms with Gasteiger partial charge < -0.3 is 4.90 Å².